The van der Waals surface area contributed by atoms with Crippen LogP contribution in [0.5, 0.6) is 0 Å². The second kappa shape index (κ2) is 6.43. The SMILES string of the molecule is C=CCn1c(=O)sc2ccc(C(=O)C3C(=O)CC(C)(C)CC3=O)c(C)c21. The minimum absolute atomic E-state index is 0.126. The Morgan fingerprint density at radius 1 is 1.27 bits per heavy atom. The summed E-state index contributed by atoms with van der Waals surface area (Å²) in [6, 6.07) is 3.33. The van der Waals surface area contributed by atoms with Crippen molar-refractivity contribution in [3.05, 3.63) is 45.6 Å². The van der Waals surface area contributed by atoms with Crippen molar-refractivity contribution in [3.63, 3.8) is 0 Å². The lowest BCUT2D eigenvalue weighted by atomic mass is 9.69. The van der Waals surface area contributed by atoms with Crippen molar-refractivity contribution in [2.24, 2.45) is 11.3 Å². The van der Waals surface area contributed by atoms with Crippen LogP contribution in [0.2, 0.25) is 0 Å². The van der Waals surface area contributed by atoms with Crippen LogP contribution in [0.4, 0.5) is 0 Å². The number of fused-ring (bicyclic) bond motifs is 1. The maximum atomic E-state index is 13.0. The number of aryl methyl sites for hydroxylation is 1. The average Bonchev–Trinajstić information content (AvgIpc) is 2.82. The Bertz CT molecular complexity index is 989. The summed E-state index contributed by atoms with van der Waals surface area (Å²) >= 11 is 1.10. The number of aromatic nitrogens is 1. The van der Waals surface area contributed by atoms with E-state index >= 15 is 0 Å². The Morgan fingerprint density at radius 3 is 2.46 bits per heavy atom. The fourth-order valence-electron chi connectivity index (χ4n) is 3.73. The third kappa shape index (κ3) is 2.98. The van der Waals surface area contributed by atoms with Gasteiger partial charge >= 0.3 is 4.87 Å². The normalized spacial score (nSPS) is 17.7. The lowest BCUT2D eigenvalue weighted by Gasteiger charge is -2.31. The Balaban J connectivity index is 2.09. The predicted octanol–water partition coefficient (Wildman–Crippen LogP) is 3.31. The topological polar surface area (TPSA) is 73.2 Å². The third-order valence-electron chi connectivity index (χ3n) is 4.87. The Morgan fingerprint density at radius 2 is 1.88 bits per heavy atom. The van der Waals surface area contributed by atoms with E-state index in [1.165, 1.54) is 0 Å². The summed E-state index contributed by atoms with van der Waals surface area (Å²) in [7, 11) is 0. The monoisotopic (exact) mass is 371 g/mol. The van der Waals surface area contributed by atoms with Gasteiger partial charge in [-0.1, -0.05) is 31.3 Å². The van der Waals surface area contributed by atoms with Crippen molar-refractivity contribution in [1.82, 2.24) is 4.57 Å². The number of nitrogens with zero attached hydrogens (tertiary/aromatic N) is 1. The molecule has 2 aromatic rings. The van der Waals surface area contributed by atoms with Gasteiger partial charge in [0.1, 0.15) is 5.92 Å². The molecule has 1 aromatic heterocycles. The molecule has 0 spiro atoms. The zero-order valence-electron chi connectivity index (χ0n) is 15.1. The molecule has 0 amide bonds. The van der Waals surface area contributed by atoms with E-state index in [0.717, 1.165) is 16.0 Å². The molecule has 0 atom stereocenters. The van der Waals surface area contributed by atoms with Crippen LogP contribution in [-0.4, -0.2) is 21.9 Å². The first-order chi connectivity index (χ1) is 12.2. The zero-order chi connectivity index (χ0) is 19.2. The number of benzene rings is 1. The molecule has 1 saturated carbocycles. The molecule has 5 nitrogen and oxygen atoms in total. The van der Waals surface area contributed by atoms with Gasteiger partial charge in [0.05, 0.1) is 10.2 Å². The summed E-state index contributed by atoms with van der Waals surface area (Å²) in [6.45, 7) is 9.48. The molecule has 0 N–H and O–H groups in total. The van der Waals surface area contributed by atoms with E-state index in [1.54, 1.807) is 29.7 Å². The van der Waals surface area contributed by atoms with E-state index < -0.39 is 17.1 Å². The quantitative estimate of drug-likeness (QED) is 0.469. The molecule has 1 aliphatic rings. The van der Waals surface area contributed by atoms with Crippen molar-refractivity contribution >= 4 is 38.9 Å². The molecule has 1 fully saturated rings. The number of allylic oxidation sites excluding steroid dienone is 1. The van der Waals surface area contributed by atoms with Crippen LogP contribution in [0.15, 0.2) is 29.6 Å². The first kappa shape index (κ1) is 18.5. The molecule has 1 heterocycles. The fourth-order valence-corrected chi connectivity index (χ4v) is 4.69. The van der Waals surface area contributed by atoms with Crippen molar-refractivity contribution in [3.8, 4) is 0 Å². The molecule has 1 aromatic carbocycles. The largest absolute Gasteiger partial charge is 0.308 e. The van der Waals surface area contributed by atoms with Gasteiger partial charge < -0.3 is 0 Å². The maximum Gasteiger partial charge on any atom is 0.308 e. The van der Waals surface area contributed by atoms with Gasteiger partial charge in [-0.05, 0) is 30.0 Å². The molecule has 0 saturated heterocycles. The number of Topliss-reactive ketones (excluding diaryl/α,β-unsaturated/α-hetero) is 3. The van der Waals surface area contributed by atoms with Crippen LogP contribution in [0.25, 0.3) is 10.2 Å². The molecule has 0 radical (unpaired) electrons. The summed E-state index contributed by atoms with van der Waals surface area (Å²) in [4.78, 5) is 50.0. The summed E-state index contributed by atoms with van der Waals surface area (Å²) in [5, 5.41) is 0. The van der Waals surface area contributed by atoms with E-state index in [2.05, 4.69) is 6.58 Å². The highest BCUT2D eigenvalue weighted by Gasteiger charge is 2.43. The second-order valence-corrected chi connectivity index (χ2v) is 8.59. The van der Waals surface area contributed by atoms with Gasteiger partial charge in [-0.25, -0.2) is 0 Å². The minimum Gasteiger partial charge on any atom is -0.298 e. The highest BCUT2D eigenvalue weighted by Crippen LogP contribution is 2.36. The smallest absolute Gasteiger partial charge is 0.298 e. The van der Waals surface area contributed by atoms with Gasteiger partial charge in [-0.2, -0.15) is 0 Å². The first-order valence-electron chi connectivity index (χ1n) is 8.50. The van der Waals surface area contributed by atoms with Gasteiger partial charge in [0.2, 0.25) is 0 Å². The lowest BCUT2D eigenvalue weighted by molar-refractivity contribution is -0.137. The first-order valence-corrected chi connectivity index (χ1v) is 9.31. The molecule has 0 aliphatic heterocycles. The number of ketones is 3. The Kier molecular flexibility index (Phi) is 4.56. The lowest BCUT2D eigenvalue weighted by Crippen LogP contribution is -2.42. The molecule has 6 heteroatoms. The highest BCUT2D eigenvalue weighted by molar-refractivity contribution is 7.16. The highest BCUT2D eigenvalue weighted by atomic mass is 32.1. The number of carbonyl (C=O) groups excluding carboxylic acids is 3. The van der Waals surface area contributed by atoms with Crippen molar-refractivity contribution in [2.75, 3.05) is 0 Å². The van der Waals surface area contributed by atoms with Crippen LogP contribution in [0.1, 0.15) is 42.6 Å². The van der Waals surface area contributed by atoms with Crippen molar-refractivity contribution < 1.29 is 14.4 Å². The van der Waals surface area contributed by atoms with Gasteiger partial charge in [-0.3, -0.25) is 23.7 Å². The number of rotatable bonds is 4. The summed E-state index contributed by atoms with van der Waals surface area (Å²) in [5.74, 6) is -2.31. The van der Waals surface area contributed by atoms with E-state index in [4.69, 9.17) is 0 Å². The van der Waals surface area contributed by atoms with E-state index in [0.29, 0.717) is 23.2 Å². The molecular formula is C20H21NO4S. The molecule has 26 heavy (non-hydrogen) atoms. The van der Waals surface area contributed by atoms with E-state index in [1.807, 2.05) is 13.8 Å². The standard InChI is InChI=1S/C20H21NO4S/c1-5-8-21-17-11(2)12(6-7-15(17)26-19(21)25)18(24)16-13(22)9-20(3,4)10-14(16)23/h5-7,16H,1,8-10H2,2-4H3. The maximum absolute atomic E-state index is 13.0. The zero-order valence-corrected chi connectivity index (χ0v) is 15.9. The molecule has 136 valence electrons. The molecule has 1 aliphatic carbocycles. The van der Waals surface area contributed by atoms with Crippen LogP contribution in [0, 0.1) is 18.3 Å². The Labute approximate surface area is 155 Å². The van der Waals surface area contributed by atoms with Gasteiger partial charge in [-0.15, -0.1) is 6.58 Å². The summed E-state index contributed by atoms with van der Waals surface area (Å²) in [6.07, 6.45) is 2.06. The number of carbonyl (C=O) groups is 3. The number of thiazole rings is 1. The fraction of sp³-hybridized carbons (Fsp3) is 0.400. The predicted molar refractivity (Wildman–Crippen MR) is 102 cm³/mol. The Hall–Kier alpha value is -2.34. The molecule has 3 rings (SSSR count). The molecular weight excluding hydrogens is 350 g/mol. The summed E-state index contributed by atoms with van der Waals surface area (Å²) < 4.78 is 2.33. The van der Waals surface area contributed by atoms with Crippen LogP contribution < -0.4 is 4.87 Å². The van der Waals surface area contributed by atoms with E-state index in [-0.39, 0.29) is 29.3 Å². The van der Waals surface area contributed by atoms with Crippen molar-refractivity contribution in [1.29, 1.82) is 0 Å². The van der Waals surface area contributed by atoms with Gasteiger partial charge in [0.25, 0.3) is 0 Å². The average molecular weight is 371 g/mol. The summed E-state index contributed by atoms with van der Waals surface area (Å²) in [5.41, 5.74) is 1.22. The number of hydrogen-bond donors (Lipinski definition) is 0. The minimum atomic E-state index is -1.22. The van der Waals surface area contributed by atoms with Crippen LogP contribution in [0.3, 0.4) is 0 Å². The van der Waals surface area contributed by atoms with Gasteiger partial charge in [0, 0.05) is 24.9 Å². The number of hydrogen-bond acceptors (Lipinski definition) is 5. The van der Waals surface area contributed by atoms with Crippen LogP contribution in [-0.2, 0) is 16.1 Å². The van der Waals surface area contributed by atoms with Gasteiger partial charge in [0.15, 0.2) is 17.3 Å². The van der Waals surface area contributed by atoms with Crippen molar-refractivity contribution in [2.45, 2.75) is 40.2 Å². The van der Waals surface area contributed by atoms with E-state index in [9.17, 15) is 19.2 Å². The molecule has 0 bridgehead atoms. The third-order valence-corrected chi connectivity index (χ3v) is 5.81. The van der Waals surface area contributed by atoms with Crippen LogP contribution >= 0.6 is 11.3 Å². The second-order valence-electron chi connectivity index (χ2n) is 7.60. The molecule has 0 unspecified atom stereocenters.